The van der Waals surface area contributed by atoms with E-state index in [1.807, 2.05) is 5.38 Å². The first kappa shape index (κ1) is 33.8. The number of aliphatic imine (C=N–C) groups is 1. The van der Waals surface area contributed by atoms with Crippen molar-refractivity contribution >= 4 is 46.5 Å². The molecule has 0 aliphatic carbocycles. The first-order valence-electron chi connectivity index (χ1n) is 15.7. The number of hydrogen-bond donors (Lipinski definition) is 3. The zero-order valence-electron chi connectivity index (χ0n) is 26.6. The molecular formula is C35H31ClF2N6O5S. The van der Waals surface area contributed by atoms with Crippen molar-refractivity contribution in [3.63, 3.8) is 0 Å². The fourth-order valence-corrected chi connectivity index (χ4v) is 7.47. The van der Waals surface area contributed by atoms with Crippen LogP contribution >= 0.6 is 22.9 Å². The molecule has 3 aliphatic heterocycles. The minimum absolute atomic E-state index is 0.131. The standard InChI is InChI=1S/C35H31ClF2N6O5S/c1-49-34(47)29-27(40-31(32-39-10-13-50-32)41-30(29)24-8-7-22(37)15-25(24)36)18-42-11-12-43-23(16-42)17-44(35(43)48)28-9-6-21(14-26(28)38)19-2-4-20(5-3-19)33(45)46/h2-10,13-15,23,30,34,47H,11-12,16-18H2,1H3,(H,40,41)(H,45,46)/t23-,30-,34?/m0/s1. The Morgan fingerprint density at radius 1 is 1.10 bits per heavy atom. The van der Waals surface area contributed by atoms with Gasteiger partial charge in [0.15, 0.2) is 17.1 Å². The van der Waals surface area contributed by atoms with Crippen molar-refractivity contribution in [2.45, 2.75) is 18.4 Å². The normalized spacial score (nSPS) is 20.1. The highest BCUT2D eigenvalue weighted by atomic mass is 35.5. The number of aromatic carboxylic acids is 1. The number of nitrogens with one attached hydrogen (secondary N) is 1. The minimum atomic E-state index is -1.36. The molecule has 0 bridgehead atoms. The lowest BCUT2D eigenvalue weighted by molar-refractivity contribution is -0.0496. The fourth-order valence-electron chi connectivity index (χ4n) is 6.61. The van der Waals surface area contributed by atoms with Crippen LogP contribution in [0.4, 0.5) is 19.3 Å². The highest BCUT2D eigenvalue weighted by molar-refractivity contribution is 7.11. The summed E-state index contributed by atoms with van der Waals surface area (Å²) in [6.45, 7) is 1.93. The number of carbonyl (C=O) groups is 2. The third-order valence-electron chi connectivity index (χ3n) is 9.07. The van der Waals surface area contributed by atoms with Gasteiger partial charge in [0, 0.05) is 67.7 Å². The lowest BCUT2D eigenvalue weighted by Gasteiger charge is -2.38. The number of carboxylic acid groups (broad SMARTS) is 1. The Hall–Kier alpha value is -4.73. The molecular weight excluding hydrogens is 690 g/mol. The highest BCUT2D eigenvalue weighted by Gasteiger charge is 2.43. The molecule has 1 aromatic heterocycles. The molecule has 3 aromatic carbocycles. The van der Waals surface area contributed by atoms with Gasteiger partial charge in [0.1, 0.15) is 17.7 Å². The summed E-state index contributed by atoms with van der Waals surface area (Å²) in [5, 5.41) is 26.2. The summed E-state index contributed by atoms with van der Waals surface area (Å²) >= 11 is 7.89. The second-order valence-electron chi connectivity index (χ2n) is 12.1. The van der Waals surface area contributed by atoms with Crippen molar-refractivity contribution in [3.8, 4) is 11.1 Å². The molecule has 0 spiro atoms. The molecule has 2 amide bonds. The second-order valence-corrected chi connectivity index (χ2v) is 13.4. The van der Waals surface area contributed by atoms with E-state index < -0.39 is 29.9 Å². The number of benzene rings is 3. The van der Waals surface area contributed by atoms with Crippen molar-refractivity contribution in [3.05, 3.63) is 116 Å². The number of carbonyl (C=O) groups excluding carboxylic acids is 1. The number of piperazine rings is 1. The number of amidine groups is 1. The Labute approximate surface area is 294 Å². The summed E-state index contributed by atoms with van der Waals surface area (Å²) in [5.74, 6) is -1.65. The van der Waals surface area contributed by atoms with E-state index in [0.29, 0.717) is 65.0 Å². The van der Waals surface area contributed by atoms with Gasteiger partial charge in [-0.15, -0.1) is 11.3 Å². The van der Waals surface area contributed by atoms with Crippen molar-refractivity contribution in [1.29, 1.82) is 0 Å². The molecule has 2 saturated heterocycles. The number of aliphatic hydroxyl groups is 1. The van der Waals surface area contributed by atoms with Gasteiger partial charge in [0.05, 0.1) is 17.3 Å². The zero-order valence-corrected chi connectivity index (χ0v) is 28.2. The number of nitrogens with zero attached hydrogens (tertiary/aromatic N) is 5. The van der Waals surface area contributed by atoms with Crippen molar-refractivity contribution in [2.24, 2.45) is 4.99 Å². The number of urea groups is 1. The molecule has 1 unspecified atom stereocenters. The van der Waals surface area contributed by atoms with Crippen LogP contribution in [-0.4, -0.2) is 95.0 Å². The molecule has 4 aromatic rings. The number of rotatable bonds is 9. The Balaban J connectivity index is 1.13. The van der Waals surface area contributed by atoms with E-state index in [9.17, 15) is 24.2 Å². The Morgan fingerprint density at radius 2 is 1.88 bits per heavy atom. The summed E-state index contributed by atoms with van der Waals surface area (Å²) in [5.41, 5.74) is 3.00. The summed E-state index contributed by atoms with van der Waals surface area (Å²) in [7, 11) is 1.37. The zero-order chi connectivity index (χ0) is 35.1. The Morgan fingerprint density at radius 3 is 2.56 bits per heavy atom. The van der Waals surface area contributed by atoms with Crippen LogP contribution in [0.1, 0.15) is 27.0 Å². The molecule has 4 heterocycles. The van der Waals surface area contributed by atoms with E-state index in [0.717, 1.165) is 0 Å². The molecule has 2 fully saturated rings. The lowest BCUT2D eigenvalue weighted by Crippen LogP contribution is -2.53. The molecule has 7 rings (SSSR count). The number of aliphatic hydroxyl groups excluding tert-OH is 1. The van der Waals surface area contributed by atoms with Crippen LogP contribution in [0.3, 0.4) is 0 Å². The van der Waals surface area contributed by atoms with E-state index in [4.69, 9.17) is 21.3 Å². The van der Waals surface area contributed by atoms with Crippen LogP contribution in [0.15, 0.2) is 88.5 Å². The van der Waals surface area contributed by atoms with Gasteiger partial charge < -0.3 is 25.2 Å². The smallest absolute Gasteiger partial charge is 0.335 e. The van der Waals surface area contributed by atoms with Gasteiger partial charge in [-0.25, -0.2) is 23.4 Å². The quantitative estimate of drug-likeness (QED) is 0.197. The Kier molecular flexibility index (Phi) is 9.37. The number of ether oxygens (including phenoxy) is 1. The van der Waals surface area contributed by atoms with Crippen LogP contribution < -0.4 is 10.2 Å². The number of hydrogen-bond acceptors (Lipinski definition) is 9. The van der Waals surface area contributed by atoms with Crippen molar-refractivity contribution in [1.82, 2.24) is 20.1 Å². The number of carboxylic acids is 1. The predicted octanol–water partition coefficient (Wildman–Crippen LogP) is 5.38. The fraction of sp³-hybridized carbons (Fsp3) is 0.257. The molecule has 0 radical (unpaired) electrons. The first-order valence-corrected chi connectivity index (χ1v) is 16.9. The Bertz CT molecular complexity index is 2010. The van der Waals surface area contributed by atoms with Crippen LogP contribution in [0.25, 0.3) is 11.1 Å². The third kappa shape index (κ3) is 6.48. The second kappa shape index (κ2) is 13.9. The number of anilines is 1. The molecule has 11 nitrogen and oxygen atoms in total. The molecule has 3 N–H and O–H groups in total. The summed E-state index contributed by atoms with van der Waals surface area (Å²) in [4.78, 5) is 39.3. The topological polar surface area (TPSA) is 131 Å². The van der Waals surface area contributed by atoms with E-state index >= 15 is 4.39 Å². The monoisotopic (exact) mass is 720 g/mol. The van der Waals surface area contributed by atoms with E-state index in [-0.39, 0.29) is 34.9 Å². The van der Waals surface area contributed by atoms with Gasteiger partial charge in [0.25, 0.3) is 0 Å². The number of fused-ring (bicyclic) bond motifs is 1. The first-order chi connectivity index (χ1) is 24.1. The van der Waals surface area contributed by atoms with E-state index in [1.165, 1.54) is 59.7 Å². The van der Waals surface area contributed by atoms with E-state index in [2.05, 4.69) is 15.2 Å². The SMILES string of the molecule is COC(O)C1=C(CN2CCN3C(=O)N(c4ccc(-c5ccc(C(=O)O)cc5)cc4F)C[C@@H]3C2)NC(c2nccs2)=N[C@H]1c1ccc(F)cc1Cl. The number of methoxy groups -OCH3 is 1. The van der Waals surface area contributed by atoms with Gasteiger partial charge in [-0.05, 0) is 53.1 Å². The number of aromatic nitrogens is 1. The maximum atomic E-state index is 15.6. The largest absolute Gasteiger partial charge is 0.478 e. The minimum Gasteiger partial charge on any atom is -0.478 e. The number of amides is 2. The van der Waals surface area contributed by atoms with Crippen molar-refractivity contribution in [2.75, 3.05) is 44.7 Å². The lowest BCUT2D eigenvalue weighted by atomic mass is 9.94. The maximum absolute atomic E-state index is 15.6. The molecule has 258 valence electrons. The number of halogens is 3. The summed E-state index contributed by atoms with van der Waals surface area (Å²) in [6, 6.07) is 13.5. The summed E-state index contributed by atoms with van der Waals surface area (Å²) in [6.07, 6.45) is 0.292. The molecule has 50 heavy (non-hydrogen) atoms. The van der Waals surface area contributed by atoms with Gasteiger partial charge in [0.2, 0.25) is 0 Å². The molecule has 15 heteroatoms. The maximum Gasteiger partial charge on any atom is 0.335 e. The highest BCUT2D eigenvalue weighted by Crippen LogP contribution is 2.38. The van der Waals surface area contributed by atoms with Gasteiger partial charge in [-0.1, -0.05) is 35.9 Å². The molecule has 3 atom stereocenters. The average molecular weight is 721 g/mol. The van der Waals surface area contributed by atoms with E-state index in [1.54, 1.807) is 35.4 Å². The number of thiazole rings is 1. The molecule has 0 saturated carbocycles. The van der Waals surface area contributed by atoms with Gasteiger partial charge in [-0.3, -0.25) is 14.8 Å². The third-order valence-corrected chi connectivity index (χ3v) is 10.2. The predicted molar refractivity (Wildman–Crippen MR) is 184 cm³/mol. The summed E-state index contributed by atoms with van der Waals surface area (Å²) < 4.78 is 35.0. The average Bonchev–Trinajstić information content (AvgIpc) is 3.76. The molecule has 3 aliphatic rings. The van der Waals surface area contributed by atoms with Crippen LogP contribution in [-0.2, 0) is 4.74 Å². The van der Waals surface area contributed by atoms with Crippen LogP contribution in [0.5, 0.6) is 0 Å². The van der Waals surface area contributed by atoms with Crippen LogP contribution in [0, 0.1) is 11.6 Å². The van der Waals surface area contributed by atoms with Gasteiger partial charge >= 0.3 is 12.0 Å². The van der Waals surface area contributed by atoms with Crippen molar-refractivity contribution < 1.29 is 33.3 Å². The van der Waals surface area contributed by atoms with Crippen LogP contribution in [0.2, 0.25) is 5.02 Å². The van der Waals surface area contributed by atoms with Gasteiger partial charge in [-0.2, -0.15) is 0 Å².